The number of hydrogen-bond acceptors (Lipinski definition) is 1. The predicted molar refractivity (Wildman–Crippen MR) is 112 cm³/mol. The highest BCUT2D eigenvalue weighted by Gasteiger charge is 2.15. The molecule has 0 amide bonds. The molecular weight excluding hydrogens is 290 g/mol. The van der Waals surface area contributed by atoms with Gasteiger partial charge in [0.05, 0.1) is 0 Å². The molecule has 2 N–H and O–H groups in total. The highest BCUT2D eigenvalue weighted by molar-refractivity contribution is 4.68. The standard InChI is InChI=1S/C23H49N/c1-4-5-6-7-8-9-10-11-12-13-14-15-16-17-18-19-20-23(2,3)21-22-24/h4-22,24H2,1-3H3. The van der Waals surface area contributed by atoms with Gasteiger partial charge >= 0.3 is 0 Å². The average molecular weight is 340 g/mol. The van der Waals surface area contributed by atoms with E-state index in [4.69, 9.17) is 5.73 Å². The smallest absolute Gasteiger partial charge is 0.00722 e. The van der Waals surface area contributed by atoms with Crippen LogP contribution in [0.4, 0.5) is 0 Å². The molecule has 0 saturated carbocycles. The van der Waals surface area contributed by atoms with Gasteiger partial charge in [0.15, 0.2) is 0 Å². The molecule has 0 aromatic heterocycles. The molecule has 24 heavy (non-hydrogen) atoms. The maximum atomic E-state index is 5.68. The second-order valence-corrected chi connectivity index (χ2v) is 8.76. The van der Waals surface area contributed by atoms with Gasteiger partial charge in [-0.2, -0.15) is 0 Å². The first-order valence-corrected chi connectivity index (χ1v) is 11.3. The van der Waals surface area contributed by atoms with E-state index in [-0.39, 0.29) is 0 Å². The minimum Gasteiger partial charge on any atom is -0.330 e. The summed E-state index contributed by atoms with van der Waals surface area (Å²) in [5.74, 6) is 0. The summed E-state index contributed by atoms with van der Waals surface area (Å²) < 4.78 is 0. The summed E-state index contributed by atoms with van der Waals surface area (Å²) in [6.07, 6.45) is 25.7. The van der Waals surface area contributed by atoms with Gasteiger partial charge in [0, 0.05) is 0 Å². The molecular formula is C23H49N. The van der Waals surface area contributed by atoms with E-state index in [0.717, 1.165) is 6.54 Å². The number of unbranched alkanes of at least 4 members (excludes halogenated alkanes) is 15. The zero-order valence-corrected chi connectivity index (χ0v) is 17.5. The third-order valence-corrected chi connectivity index (χ3v) is 5.53. The van der Waals surface area contributed by atoms with Crippen LogP contribution in [-0.2, 0) is 0 Å². The Kier molecular flexibility index (Phi) is 17.7. The molecule has 0 unspecified atom stereocenters. The van der Waals surface area contributed by atoms with Gasteiger partial charge in [-0.1, -0.05) is 124 Å². The Morgan fingerprint density at radius 3 is 1.17 bits per heavy atom. The van der Waals surface area contributed by atoms with Crippen LogP contribution < -0.4 is 5.73 Å². The fourth-order valence-electron chi connectivity index (χ4n) is 3.67. The molecule has 0 aliphatic carbocycles. The molecule has 0 radical (unpaired) electrons. The Morgan fingerprint density at radius 1 is 0.500 bits per heavy atom. The molecule has 0 bridgehead atoms. The third kappa shape index (κ3) is 18.3. The quantitative estimate of drug-likeness (QED) is 0.237. The number of hydrogen-bond donors (Lipinski definition) is 1. The lowest BCUT2D eigenvalue weighted by Gasteiger charge is -2.23. The van der Waals surface area contributed by atoms with Crippen molar-refractivity contribution >= 4 is 0 Å². The van der Waals surface area contributed by atoms with Gasteiger partial charge < -0.3 is 5.73 Å². The normalized spacial score (nSPS) is 12.0. The molecule has 0 heterocycles. The van der Waals surface area contributed by atoms with Crippen LogP contribution in [0.3, 0.4) is 0 Å². The van der Waals surface area contributed by atoms with Crippen molar-refractivity contribution in [3.63, 3.8) is 0 Å². The van der Waals surface area contributed by atoms with Gasteiger partial charge in [-0.05, 0) is 24.8 Å². The minimum atomic E-state index is 0.463. The molecule has 1 nitrogen and oxygen atoms in total. The minimum absolute atomic E-state index is 0.463. The van der Waals surface area contributed by atoms with Crippen LogP contribution in [0, 0.1) is 5.41 Å². The Morgan fingerprint density at radius 2 is 0.833 bits per heavy atom. The summed E-state index contributed by atoms with van der Waals surface area (Å²) >= 11 is 0. The van der Waals surface area contributed by atoms with E-state index in [1.807, 2.05) is 0 Å². The van der Waals surface area contributed by atoms with Gasteiger partial charge in [0.2, 0.25) is 0 Å². The van der Waals surface area contributed by atoms with Crippen LogP contribution in [-0.4, -0.2) is 6.54 Å². The lowest BCUT2D eigenvalue weighted by Crippen LogP contribution is -2.16. The van der Waals surface area contributed by atoms with Gasteiger partial charge in [0.1, 0.15) is 0 Å². The first kappa shape index (κ1) is 24.0. The van der Waals surface area contributed by atoms with Crippen molar-refractivity contribution in [2.24, 2.45) is 11.1 Å². The van der Waals surface area contributed by atoms with Gasteiger partial charge in [-0.3, -0.25) is 0 Å². The second-order valence-electron chi connectivity index (χ2n) is 8.76. The molecule has 0 aliphatic rings. The zero-order chi connectivity index (χ0) is 17.9. The van der Waals surface area contributed by atoms with E-state index >= 15 is 0 Å². The molecule has 0 fully saturated rings. The Labute approximate surface area is 154 Å². The van der Waals surface area contributed by atoms with E-state index in [0.29, 0.717) is 5.41 Å². The van der Waals surface area contributed by atoms with Crippen LogP contribution in [0.25, 0.3) is 0 Å². The van der Waals surface area contributed by atoms with Gasteiger partial charge in [-0.15, -0.1) is 0 Å². The van der Waals surface area contributed by atoms with Crippen molar-refractivity contribution in [3.05, 3.63) is 0 Å². The highest BCUT2D eigenvalue weighted by Crippen LogP contribution is 2.27. The number of nitrogens with two attached hydrogens (primary N) is 1. The second kappa shape index (κ2) is 17.8. The van der Waals surface area contributed by atoms with E-state index in [1.54, 1.807) is 0 Å². The summed E-state index contributed by atoms with van der Waals surface area (Å²) in [4.78, 5) is 0. The largest absolute Gasteiger partial charge is 0.330 e. The van der Waals surface area contributed by atoms with E-state index in [1.165, 1.54) is 116 Å². The molecule has 0 rings (SSSR count). The Bertz CT molecular complexity index is 234. The maximum Gasteiger partial charge on any atom is -0.00722 e. The lowest BCUT2D eigenvalue weighted by molar-refractivity contribution is 0.299. The van der Waals surface area contributed by atoms with Crippen molar-refractivity contribution in [3.8, 4) is 0 Å². The lowest BCUT2D eigenvalue weighted by atomic mass is 9.83. The van der Waals surface area contributed by atoms with Crippen LogP contribution in [0.15, 0.2) is 0 Å². The van der Waals surface area contributed by atoms with Crippen molar-refractivity contribution in [1.29, 1.82) is 0 Å². The van der Waals surface area contributed by atoms with Crippen LogP contribution in [0.1, 0.15) is 136 Å². The summed E-state index contributed by atoms with van der Waals surface area (Å²) in [5, 5.41) is 0. The molecule has 1 heteroatoms. The fraction of sp³-hybridized carbons (Fsp3) is 1.00. The monoisotopic (exact) mass is 339 g/mol. The van der Waals surface area contributed by atoms with E-state index < -0.39 is 0 Å². The van der Waals surface area contributed by atoms with Crippen LogP contribution in [0.5, 0.6) is 0 Å². The highest BCUT2D eigenvalue weighted by atomic mass is 14.5. The summed E-state index contributed by atoms with van der Waals surface area (Å²) in [7, 11) is 0. The molecule has 0 aromatic rings. The molecule has 0 atom stereocenters. The molecule has 0 aromatic carbocycles. The topological polar surface area (TPSA) is 26.0 Å². The van der Waals surface area contributed by atoms with E-state index in [9.17, 15) is 0 Å². The van der Waals surface area contributed by atoms with Gasteiger partial charge in [0.25, 0.3) is 0 Å². The van der Waals surface area contributed by atoms with Crippen molar-refractivity contribution in [1.82, 2.24) is 0 Å². The van der Waals surface area contributed by atoms with Crippen molar-refractivity contribution < 1.29 is 0 Å². The van der Waals surface area contributed by atoms with Crippen molar-refractivity contribution in [2.75, 3.05) is 6.54 Å². The summed E-state index contributed by atoms with van der Waals surface area (Å²) in [5.41, 5.74) is 6.14. The fourth-order valence-corrected chi connectivity index (χ4v) is 3.67. The van der Waals surface area contributed by atoms with Crippen molar-refractivity contribution in [2.45, 2.75) is 136 Å². The summed E-state index contributed by atoms with van der Waals surface area (Å²) in [6.45, 7) is 7.87. The Balaban J connectivity index is 3.10. The molecule has 0 aliphatic heterocycles. The molecule has 0 saturated heterocycles. The SMILES string of the molecule is CCCCCCCCCCCCCCCCCCC(C)(C)CCN. The number of rotatable bonds is 19. The maximum absolute atomic E-state index is 5.68. The van der Waals surface area contributed by atoms with E-state index in [2.05, 4.69) is 20.8 Å². The average Bonchev–Trinajstić information content (AvgIpc) is 2.54. The first-order chi connectivity index (χ1) is 11.6. The van der Waals surface area contributed by atoms with Crippen LogP contribution in [0.2, 0.25) is 0 Å². The third-order valence-electron chi connectivity index (χ3n) is 5.53. The van der Waals surface area contributed by atoms with Crippen LogP contribution >= 0.6 is 0 Å². The first-order valence-electron chi connectivity index (χ1n) is 11.3. The molecule has 0 spiro atoms. The summed E-state index contributed by atoms with van der Waals surface area (Å²) in [6, 6.07) is 0. The zero-order valence-electron chi connectivity index (χ0n) is 17.5. The molecule has 146 valence electrons. The Hall–Kier alpha value is -0.0400. The van der Waals surface area contributed by atoms with Gasteiger partial charge in [-0.25, -0.2) is 0 Å². The predicted octanol–water partition coefficient (Wildman–Crippen LogP) is 8.01.